The first-order valence-electron chi connectivity index (χ1n) is 6.01. The molecule has 0 aliphatic heterocycles. The first-order chi connectivity index (χ1) is 9.43. The summed E-state index contributed by atoms with van der Waals surface area (Å²) in [6, 6.07) is 3.59. The fourth-order valence-corrected chi connectivity index (χ4v) is 3.63. The van der Waals surface area contributed by atoms with Gasteiger partial charge in [-0.25, -0.2) is 0 Å². The van der Waals surface area contributed by atoms with E-state index in [1.807, 2.05) is 14.0 Å². The van der Waals surface area contributed by atoms with Crippen molar-refractivity contribution in [3.8, 4) is 5.75 Å². The molecular formula is C13H14Br2ClN3O. The van der Waals surface area contributed by atoms with Gasteiger partial charge in [-0.15, -0.1) is 0 Å². The summed E-state index contributed by atoms with van der Waals surface area (Å²) in [5.41, 5.74) is 8.13. The summed E-state index contributed by atoms with van der Waals surface area (Å²) >= 11 is 13.2. The maximum atomic E-state index is 6.29. The van der Waals surface area contributed by atoms with Gasteiger partial charge in [0, 0.05) is 12.7 Å². The highest BCUT2D eigenvalue weighted by Crippen LogP contribution is 2.36. The Morgan fingerprint density at radius 1 is 1.35 bits per heavy atom. The van der Waals surface area contributed by atoms with Gasteiger partial charge in [0.15, 0.2) is 0 Å². The topological polar surface area (TPSA) is 53.1 Å². The number of ether oxygens (including phenoxy) is 1. The van der Waals surface area contributed by atoms with Crippen LogP contribution in [0.3, 0.4) is 0 Å². The van der Waals surface area contributed by atoms with Gasteiger partial charge in [-0.1, -0.05) is 18.5 Å². The lowest BCUT2D eigenvalue weighted by Gasteiger charge is -2.11. The molecule has 1 aromatic carbocycles. The molecule has 2 rings (SSSR count). The monoisotopic (exact) mass is 421 g/mol. The summed E-state index contributed by atoms with van der Waals surface area (Å²) in [5.74, 6) is 0.689. The molecule has 2 aromatic rings. The lowest BCUT2D eigenvalue weighted by molar-refractivity contribution is 0.291. The van der Waals surface area contributed by atoms with Gasteiger partial charge >= 0.3 is 0 Å². The van der Waals surface area contributed by atoms with Crippen LogP contribution in [-0.2, 0) is 20.1 Å². The smallest absolute Gasteiger partial charge is 0.148 e. The standard InChI is InChI=1S/C13H14Br2ClN3O/c1-3-10-12(16)11(19(2)18-10)6-20-13-8(14)4-7(17)5-9(13)15/h4-5H,3,6,17H2,1-2H3. The van der Waals surface area contributed by atoms with Crippen molar-refractivity contribution < 1.29 is 4.74 Å². The number of nitrogens with zero attached hydrogens (tertiary/aromatic N) is 2. The van der Waals surface area contributed by atoms with Crippen LogP contribution >= 0.6 is 43.5 Å². The van der Waals surface area contributed by atoms with E-state index in [0.29, 0.717) is 23.1 Å². The summed E-state index contributed by atoms with van der Waals surface area (Å²) in [6.45, 7) is 2.36. The Morgan fingerprint density at radius 2 is 1.95 bits per heavy atom. The lowest BCUT2D eigenvalue weighted by Crippen LogP contribution is -2.04. The van der Waals surface area contributed by atoms with Crippen molar-refractivity contribution in [3.63, 3.8) is 0 Å². The molecule has 4 nitrogen and oxygen atoms in total. The van der Waals surface area contributed by atoms with Gasteiger partial charge in [-0.05, 0) is 50.4 Å². The molecule has 2 N–H and O–H groups in total. The van der Waals surface area contributed by atoms with Gasteiger partial charge < -0.3 is 10.5 Å². The molecule has 0 amide bonds. The Balaban J connectivity index is 2.24. The second-order valence-corrected chi connectivity index (χ2v) is 6.37. The Bertz CT molecular complexity index is 620. The molecule has 1 aromatic heterocycles. The van der Waals surface area contributed by atoms with Crippen LogP contribution < -0.4 is 10.5 Å². The molecule has 108 valence electrons. The molecule has 0 fully saturated rings. The van der Waals surface area contributed by atoms with Crippen LogP contribution in [0.4, 0.5) is 5.69 Å². The average molecular weight is 424 g/mol. The summed E-state index contributed by atoms with van der Waals surface area (Å²) in [6.07, 6.45) is 0.794. The molecular weight excluding hydrogens is 409 g/mol. The Hall–Kier alpha value is -0.720. The van der Waals surface area contributed by atoms with E-state index >= 15 is 0 Å². The number of benzene rings is 1. The van der Waals surface area contributed by atoms with Crippen LogP contribution in [0.1, 0.15) is 18.3 Å². The average Bonchev–Trinajstić information content (AvgIpc) is 2.64. The van der Waals surface area contributed by atoms with Crippen molar-refractivity contribution in [2.24, 2.45) is 7.05 Å². The van der Waals surface area contributed by atoms with Crippen molar-refractivity contribution in [2.75, 3.05) is 5.73 Å². The van der Waals surface area contributed by atoms with Gasteiger partial charge in [0.2, 0.25) is 0 Å². The predicted octanol–water partition coefficient (Wildman–Crippen LogP) is 4.32. The molecule has 0 saturated heterocycles. The summed E-state index contributed by atoms with van der Waals surface area (Å²) in [5, 5.41) is 5.03. The molecule has 0 spiro atoms. The zero-order chi connectivity index (χ0) is 14.9. The van der Waals surface area contributed by atoms with Crippen molar-refractivity contribution in [3.05, 3.63) is 37.5 Å². The second-order valence-electron chi connectivity index (χ2n) is 4.29. The van der Waals surface area contributed by atoms with E-state index in [1.165, 1.54) is 0 Å². The summed E-state index contributed by atoms with van der Waals surface area (Å²) in [7, 11) is 1.86. The molecule has 0 unspecified atom stereocenters. The van der Waals surface area contributed by atoms with Crippen LogP contribution in [0, 0.1) is 0 Å². The van der Waals surface area contributed by atoms with Gasteiger partial charge in [-0.2, -0.15) is 5.10 Å². The van der Waals surface area contributed by atoms with Gasteiger partial charge in [0.05, 0.1) is 25.4 Å². The molecule has 0 saturated carbocycles. The number of hydrogen-bond acceptors (Lipinski definition) is 3. The van der Waals surface area contributed by atoms with E-state index in [9.17, 15) is 0 Å². The fourth-order valence-electron chi connectivity index (χ4n) is 1.83. The second kappa shape index (κ2) is 6.37. The maximum absolute atomic E-state index is 6.29. The Labute approximate surface area is 139 Å². The number of aryl methyl sites for hydroxylation is 2. The minimum absolute atomic E-state index is 0.337. The van der Waals surface area contributed by atoms with E-state index in [1.54, 1.807) is 16.8 Å². The number of halogens is 3. The molecule has 0 aliphatic carbocycles. The number of rotatable bonds is 4. The zero-order valence-electron chi connectivity index (χ0n) is 11.1. The predicted molar refractivity (Wildman–Crippen MR) is 88.2 cm³/mol. The number of aromatic nitrogens is 2. The number of nitrogen functional groups attached to an aromatic ring is 1. The summed E-state index contributed by atoms with van der Waals surface area (Å²) < 4.78 is 9.16. The highest BCUT2D eigenvalue weighted by Gasteiger charge is 2.15. The van der Waals surface area contributed by atoms with Gasteiger partial charge in [0.25, 0.3) is 0 Å². The SMILES string of the molecule is CCc1nn(C)c(COc2c(Br)cc(N)cc2Br)c1Cl. The normalized spacial score (nSPS) is 10.8. The fraction of sp³-hybridized carbons (Fsp3) is 0.308. The van der Waals surface area contributed by atoms with Gasteiger partial charge in [-0.3, -0.25) is 4.68 Å². The zero-order valence-corrected chi connectivity index (χ0v) is 15.0. The minimum atomic E-state index is 0.337. The molecule has 0 bridgehead atoms. The van der Waals surface area contributed by atoms with E-state index < -0.39 is 0 Å². The van der Waals surface area contributed by atoms with Crippen LogP contribution in [0.2, 0.25) is 5.02 Å². The third-order valence-corrected chi connectivity index (χ3v) is 4.49. The summed E-state index contributed by atoms with van der Waals surface area (Å²) in [4.78, 5) is 0. The van der Waals surface area contributed by atoms with Crippen LogP contribution in [-0.4, -0.2) is 9.78 Å². The highest BCUT2D eigenvalue weighted by molar-refractivity contribution is 9.11. The van der Waals surface area contributed by atoms with Gasteiger partial charge in [0.1, 0.15) is 12.4 Å². The lowest BCUT2D eigenvalue weighted by atomic mass is 10.3. The van der Waals surface area contributed by atoms with E-state index in [2.05, 4.69) is 37.0 Å². The number of anilines is 1. The molecule has 7 heteroatoms. The largest absolute Gasteiger partial charge is 0.485 e. The molecule has 20 heavy (non-hydrogen) atoms. The van der Waals surface area contributed by atoms with Crippen molar-refractivity contribution in [2.45, 2.75) is 20.0 Å². The molecule has 0 aliphatic rings. The quantitative estimate of drug-likeness (QED) is 0.745. The van der Waals surface area contributed by atoms with E-state index in [0.717, 1.165) is 26.8 Å². The van der Waals surface area contributed by atoms with Crippen LogP contribution in [0.25, 0.3) is 0 Å². The molecule has 0 radical (unpaired) electrons. The van der Waals surface area contributed by atoms with Crippen LogP contribution in [0.15, 0.2) is 21.1 Å². The molecule has 0 atom stereocenters. The maximum Gasteiger partial charge on any atom is 0.148 e. The minimum Gasteiger partial charge on any atom is -0.485 e. The third kappa shape index (κ3) is 3.13. The van der Waals surface area contributed by atoms with E-state index in [4.69, 9.17) is 22.1 Å². The van der Waals surface area contributed by atoms with E-state index in [-0.39, 0.29) is 0 Å². The first kappa shape index (κ1) is 15.7. The number of nitrogens with two attached hydrogens (primary N) is 1. The van der Waals surface area contributed by atoms with Crippen molar-refractivity contribution in [1.29, 1.82) is 0 Å². The first-order valence-corrected chi connectivity index (χ1v) is 7.98. The third-order valence-electron chi connectivity index (χ3n) is 2.88. The van der Waals surface area contributed by atoms with Crippen molar-refractivity contribution in [1.82, 2.24) is 9.78 Å². The molecule has 1 heterocycles. The number of hydrogen-bond donors (Lipinski definition) is 1. The Morgan fingerprint density at radius 3 is 2.45 bits per heavy atom. The van der Waals surface area contributed by atoms with Crippen LogP contribution in [0.5, 0.6) is 5.75 Å². The highest BCUT2D eigenvalue weighted by atomic mass is 79.9. The Kier molecular flexibility index (Phi) is 4.99. The van der Waals surface area contributed by atoms with Crippen molar-refractivity contribution >= 4 is 49.1 Å².